The molecule has 2 nitrogen and oxygen atoms in total. The number of halogens is 6. The highest BCUT2D eigenvalue weighted by Gasteiger charge is 2.31. The lowest BCUT2D eigenvalue weighted by Crippen LogP contribution is -2.29. The van der Waals surface area contributed by atoms with Crippen molar-refractivity contribution in [3.05, 3.63) is 77.4 Å². The first-order valence-electron chi connectivity index (χ1n) is 10.2. The van der Waals surface area contributed by atoms with Crippen LogP contribution in [0.5, 0.6) is 0 Å². The molecule has 0 N–H and O–H groups in total. The van der Waals surface area contributed by atoms with Gasteiger partial charge in [-0.15, -0.1) is 0 Å². The van der Waals surface area contributed by atoms with E-state index in [4.69, 9.17) is 0 Å². The summed E-state index contributed by atoms with van der Waals surface area (Å²) in [5, 5.41) is 0. The number of aromatic nitrogens is 1. The van der Waals surface area contributed by atoms with Crippen LogP contribution in [0.2, 0.25) is 0 Å². The molecular weight excluding hydrogens is 442 g/mol. The van der Waals surface area contributed by atoms with Gasteiger partial charge in [-0.25, -0.2) is 4.98 Å². The fraction of sp³-hybridized carbons (Fsp3) is 0.320. The molecule has 1 aromatic heterocycles. The fourth-order valence-electron chi connectivity index (χ4n) is 3.37. The van der Waals surface area contributed by atoms with E-state index in [1.54, 1.807) is 12.1 Å². The van der Waals surface area contributed by atoms with Crippen molar-refractivity contribution in [3.8, 4) is 11.3 Å². The predicted molar refractivity (Wildman–Crippen MR) is 117 cm³/mol. The number of benzene rings is 2. The van der Waals surface area contributed by atoms with Crippen molar-refractivity contribution < 1.29 is 26.3 Å². The van der Waals surface area contributed by atoms with Gasteiger partial charge < -0.3 is 4.90 Å². The molecule has 3 rings (SSSR count). The minimum Gasteiger partial charge on any atom is -0.326 e. The van der Waals surface area contributed by atoms with Crippen LogP contribution in [0.1, 0.15) is 37.5 Å². The zero-order chi connectivity index (χ0) is 24.6. The topological polar surface area (TPSA) is 16.1 Å². The van der Waals surface area contributed by atoms with E-state index in [0.717, 1.165) is 29.8 Å². The second-order valence-electron chi connectivity index (χ2n) is 9.15. The smallest absolute Gasteiger partial charge is 0.326 e. The Balaban J connectivity index is 2.05. The highest BCUT2D eigenvalue weighted by atomic mass is 19.4. The maximum atomic E-state index is 13.0. The van der Waals surface area contributed by atoms with Crippen molar-refractivity contribution in [2.24, 2.45) is 5.41 Å². The Kier molecular flexibility index (Phi) is 6.51. The van der Waals surface area contributed by atoms with Crippen molar-refractivity contribution >= 4 is 11.5 Å². The second-order valence-corrected chi connectivity index (χ2v) is 9.15. The summed E-state index contributed by atoms with van der Waals surface area (Å²) in [5.74, 6) is 0.500. The molecule has 0 atom stereocenters. The van der Waals surface area contributed by atoms with Gasteiger partial charge in [0.1, 0.15) is 5.82 Å². The molecule has 0 aliphatic rings. The summed E-state index contributed by atoms with van der Waals surface area (Å²) in [4.78, 5) is 6.47. The van der Waals surface area contributed by atoms with E-state index in [0.29, 0.717) is 29.3 Å². The molecule has 3 aromatic rings. The van der Waals surface area contributed by atoms with Gasteiger partial charge in [-0.1, -0.05) is 32.9 Å². The predicted octanol–water partition coefficient (Wildman–Crippen LogP) is 8.28. The molecule has 33 heavy (non-hydrogen) atoms. The third-order valence-corrected chi connectivity index (χ3v) is 4.88. The van der Waals surface area contributed by atoms with Gasteiger partial charge in [-0.05, 0) is 66.4 Å². The molecule has 0 aliphatic heterocycles. The Hall–Kier alpha value is -3.03. The maximum absolute atomic E-state index is 13.0. The Morgan fingerprint density at radius 1 is 0.727 bits per heavy atom. The van der Waals surface area contributed by atoms with Crippen LogP contribution in [0.3, 0.4) is 0 Å². The second kappa shape index (κ2) is 8.72. The Morgan fingerprint density at radius 2 is 1.21 bits per heavy atom. The molecule has 176 valence electrons. The van der Waals surface area contributed by atoms with E-state index in [1.165, 1.54) is 24.3 Å². The van der Waals surface area contributed by atoms with Gasteiger partial charge in [-0.2, -0.15) is 26.3 Å². The minimum absolute atomic E-state index is 0.220. The van der Waals surface area contributed by atoms with Crippen LogP contribution in [0.4, 0.5) is 37.8 Å². The molecular formula is C25H24F6N2. The summed E-state index contributed by atoms with van der Waals surface area (Å²) >= 11 is 0. The molecule has 0 fully saturated rings. The van der Waals surface area contributed by atoms with Crippen LogP contribution in [0, 0.1) is 12.3 Å². The molecule has 0 bridgehead atoms. The lowest BCUT2D eigenvalue weighted by atomic mass is 9.95. The number of anilines is 2. The molecule has 0 aliphatic carbocycles. The SMILES string of the molecule is Cc1cc(-c2ccc(C(F)(F)F)cc2)nc(N(CC(C)(C)C)c2ccc(C(F)(F)F)cc2)c1. The van der Waals surface area contributed by atoms with Gasteiger partial charge >= 0.3 is 12.4 Å². The van der Waals surface area contributed by atoms with Crippen molar-refractivity contribution in [1.29, 1.82) is 0 Å². The van der Waals surface area contributed by atoms with Crippen LogP contribution >= 0.6 is 0 Å². The highest BCUT2D eigenvalue weighted by Crippen LogP contribution is 2.35. The molecule has 0 amide bonds. The third-order valence-electron chi connectivity index (χ3n) is 4.88. The van der Waals surface area contributed by atoms with Crippen molar-refractivity contribution in [3.63, 3.8) is 0 Å². The standard InChI is InChI=1S/C25H24F6N2/c1-16-13-21(17-5-7-18(8-6-17)24(26,27)28)32-22(14-16)33(15-23(2,3)4)20-11-9-19(10-12-20)25(29,30)31/h5-14H,15H2,1-4H3. The van der Waals surface area contributed by atoms with Gasteiger partial charge in [-0.3, -0.25) is 0 Å². The Morgan fingerprint density at radius 3 is 1.67 bits per heavy atom. The lowest BCUT2D eigenvalue weighted by molar-refractivity contribution is -0.138. The zero-order valence-corrected chi connectivity index (χ0v) is 18.6. The number of rotatable bonds is 4. The number of alkyl halides is 6. The third kappa shape index (κ3) is 6.27. The van der Waals surface area contributed by atoms with E-state index in [2.05, 4.69) is 4.98 Å². The molecule has 0 saturated carbocycles. The number of aryl methyl sites for hydroxylation is 1. The van der Waals surface area contributed by atoms with Crippen LogP contribution in [-0.2, 0) is 12.4 Å². The summed E-state index contributed by atoms with van der Waals surface area (Å²) < 4.78 is 77.8. The van der Waals surface area contributed by atoms with E-state index in [1.807, 2.05) is 32.6 Å². The summed E-state index contributed by atoms with van der Waals surface area (Å²) in [6, 6.07) is 13.1. The first-order chi connectivity index (χ1) is 15.1. The first kappa shape index (κ1) is 24.6. The van der Waals surface area contributed by atoms with Crippen molar-refractivity contribution in [2.75, 3.05) is 11.4 Å². The lowest BCUT2D eigenvalue weighted by Gasteiger charge is -2.31. The van der Waals surface area contributed by atoms with E-state index in [-0.39, 0.29) is 5.41 Å². The van der Waals surface area contributed by atoms with Gasteiger partial charge in [0.05, 0.1) is 16.8 Å². The quantitative estimate of drug-likeness (QED) is 0.360. The summed E-state index contributed by atoms with van der Waals surface area (Å²) in [5.41, 5.74) is 0.626. The number of nitrogens with zero attached hydrogens (tertiary/aromatic N) is 2. The van der Waals surface area contributed by atoms with Gasteiger partial charge in [0, 0.05) is 17.8 Å². The highest BCUT2D eigenvalue weighted by molar-refractivity contribution is 5.67. The number of hydrogen-bond donors (Lipinski definition) is 0. The van der Waals surface area contributed by atoms with Gasteiger partial charge in [0.2, 0.25) is 0 Å². The normalized spacial score (nSPS) is 12.7. The van der Waals surface area contributed by atoms with Gasteiger partial charge in [0.15, 0.2) is 0 Å². The molecule has 1 heterocycles. The number of hydrogen-bond acceptors (Lipinski definition) is 2. The molecule has 0 saturated heterocycles. The minimum atomic E-state index is -4.44. The molecule has 0 spiro atoms. The fourth-order valence-corrected chi connectivity index (χ4v) is 3.37. The van der Waals surface area contributed by atoms with Crippen LogP contribution < -0.4 is 4.90 Å². The van der Waals surface area contributed by atoms with Crippen molar-refractivity contribution in [1.82, 2.24) is 4.98 Å². The molecule has 2 aromatic carbocycles. The summed E-state index contributed by atoms with van der Waals surface area (Å²) in [6.07, 6.45) is -8.87. The van der Waals surface area contributed by atoms with E-state index >= 15 is 0 Å². The van der Waals surface area contributed by atoms with Crippen molar-refractivity contribution in [2.45, 2.75) is 40.0 Å². The molecule has 0 unspecified atom stereocenters. The first-order valence-corrected chi connectivity index (χ1v) is 10.2. The molecule has 0 radical (unpaired) electrons. The maximum Gasteiger partial charge on any atom is 0.416 e. The summed E-state index contributed by atoms with van der Waals surface area (Å²) in [6.45, 7) is 8.28. The Labute approximate surface area is 188 Å². The Bertz CT molecular complexity index is 1090. The monoisotopic (exact) mass is 466 g/mol. The zero-order valence-electron chi connectivity index (χ0n) is 18.6. The van der Waals surface area contributed by atoms with Crippen LogP contribution in [0.15, 0.2) is 60.7 Å². The largest absolute Gasteiger partial charge is 0.416 e. The van der Waals surface area contributed by atoms with Crippen LogP contribution in [0.25, 0.3) is 11.3 Å². The summed E-state index contributed by atoms with van der Waals surface area (Å²) in [7, 11) is 0. The number of pyridine rings is 1. The average molecular weight is 466 g/mol. The van der Waals surface area contributed by atoms with E-state index in [9.17, 15) is 26.3 Å². The van der Waals surface area contributed by atoms with Gasteiger partial charge in [0.25, 0.3) is 0 Å². The molecule has 8 heteroatoms. The van der Waals surface area contributed by atoms with Crippen LogP contribution in [-0.4, -0.2) is 11.5 Å². The van der Waals surface area contributed by atoms with E-state index < -0.39 is 23.5 Å². The average Bonchev–Trinajstić information content (AvgIpc) is 2.70.